The third-order valence-electron chi connectivity index (χ3n) is 6.25. The Morgan fingerprint density at radius 1 is 0.842 bits per heavy atom. The van der Waals surface area contributed by atoms with Crippen molar-refractivity contribution in [2.75, 3.05) is 6.61 Å². The standard InChI is InChI=1S/C31H31N3O4/c1-5-20-11-7-9-13-23(20)29-32-30(24-14-10-8-12-21(24)6-2)34-31(33-29)25-16-15-22(17-26(25)35)38-18-27(36)28(37)19(3)4/h7-17,27,35-36H,3,5-6,18H2,1-2,4H3. The van der Waals surface area contributed by atoms with Crippen LogP contribution in [0.5, 0.6) is 11.5 Å². The van der Waals surface area contributed by atoms with Crippen LogP contribution in [-0.4, -0.2) is 43.7 Å². The smallest absolute Gasteiger partial charge is 0.189 e. The van der Waals surface area contributed by atoms with Gasteiger partial charge in [0.1, 0.15) is 18.1 Å². The predicted molar refractivity (Wildman–Crippen MR) is 148 cm³/mol. The number of benzene rings is 3. The molecule has 1 unspecified atom stereocenters. The first kappa shape index (κ1) is 26.7. The van der Waals surface area contributed by atoms with E-state index in [1.807, 2.05) is 36.4 Å². The third kappa shape index (κ3) is 5.79. The number of hydrogen-bond donors (Lipinski definition) is 2. The minimum absolute atomic E-state index is 0.0983. The molecule has 0 fully saturated rings. The molecule has 1 heterocycles. The summed E-state index contributed by atoms with van der Waals surface area (Å²) in [6, 6.07) is 20.7. The summed E-state index contributed by atoms with van der Waals surface area (Å²) in [7, 11) is 0. The van der Waals surface area contributed by atoms with Crippen LogP contribution in [0.2, 0.25) is 0 Å². The Balaban J connectivity index is 1.77. The van der Waals surface area contributed by atoms with Crippen LogP contribution in [-0.2, 0) is 17.6 Å². The fourth-order valence-corrected chi connectivity index (χ4v) is 4.16. The molecule has 1 atom stereocenters. The quantitative estimate of drug-likeness (QED) is 0.269. The number of aliphatic hydroxyl groups excluding tert-OH is 1. The van der Waals surface area contributed by atoms with E-state index in [0.717, 1.165) is 35.1 Å². The molecular formula is C31H31N3O4. The van der Waals surface area contributed by atoms with Crippen molar-refractivity contribution in [1.29, 1.82) is 0 Å². The number of aliphatic hydroxyl groups is 1. The summed E-state index contributed by atoms with van der Waals surface area (Å²) in [6.45, 7) is 8.98. The Labute approximate surface area is 222 Å². The lowest BCUT2D eigenvalue weighted by atomic mass is 10.0. The van der Waals surface area contributed by atoms with Gasteiger partial charge in [-0.2, -0.15) is 0 Å². The highest BCUT2D eigenvalue weighted by Gasteiger charge is 2.19. The van der Waals surface area contributed by atoms with Crippen LogP contribution in [0, 0.1) is 0 Å². The summed E-state index contributed by atoms with van der Waals surface area (Å²) in [5.41, 5.74) is 4.68. The van der Waals surface area contributed by atoms with Crippen molar-refractivity contribution in [1.82, 2.24) is 15.0 Å². The van der Waals surface area contributed by atoms with E-state index in [1.54, 1.807) is 12.1 Å². The summed E-state index contributed by atoms with van der Waals surface area (Å²) in [5.74, 6) is 1.07. The number of nitrogens with zero attached hydrogens (tertiary/aromatic N) is 3. The summed E-state index contributed by atoms with van der Waals surface area (Å²) < 4.78 is 5.53. The van der Waals surface area contributed by atoms with Crippen LogP contribution < -0.4 is 4.74 Å². The van der Waals surface area contributed by atoms with Crippen LogP contribution in [0.3, 0.4) is 0 Å². The number of carbonyl (C=O) groups is 1. The number of ether oxygens (including phenoxy) is 1. The summed E-state index contributed by atoms with van der Waals surface area (Å²) in [6.07, 6.45) is 0.296. The highest BCUT2D eigenvalue weighted by molar-refractivity contribution is 5.97. The number of rotatable bonds is 10. The van der Waals surface area contributed by atoms with Crippen molar-refractivity contribution in [2.24, 2.45) is 0 Å². The van der Waals surface area contributed by atoms with E-state index in [2.05, 4.69) is 32.6 Å². The maximum atomic E-state index is 11.9. The lowest BCUT2D eigenvalue weighted by molar-refractivity contribution is -0.124. The average molecular weight is 510 g/mol. The molecule has 0 bridgehead atoms. The Morgan fingerprint density at radius 3 is 1.82 bits per heavy atom. The minimum Gasteiger partial charge on any atom is -0.507 e. The fraction of sp³-hybridized carbons (Fsp3) is 0.226. The van der Waals surface area contributed by atoms with Crippen molar-refractivity contribution in [3.63, 3.8) is 0 Å². The van der Waals surface area contributed by atoms with E-state index in [4.69, 9.17) is 19.7 Å². The van der Waals surface area contributed by atoms with E-state index in [0.29, 0.717) is 28.8 Å². The third-order valence-corrected chi connectivity index (χ3v) is 6.25. The minimum atomic E-state index is -1.33. The normalized spacial score (nSPS) is 11.7. The van der Waals surface area contributed by atoms with Gasteiger partial charge in [-0.3, -0.25) is 4.79 Å². The molecule has 7 heteroatoms. The molecule has 3 aromatic carbocycles. The molecule has 0 aliphatic heterocycles. The number of carbonyl (C=O) groups excluding carboxylic acids is 1. The molecule has 0 radical (unpaired) electrons. The van der Waals surface area contributed by atoms with Crippen molar-refractivity contribution in [2.45, 2.75) is 39.7 Å². The molecule has 38 heavy (non-hydrogen) atoms. The van der Waals surface area contributed by atoms with E-state index < -0.39 is 11.9 Å². The number of hydrogen-bond acceptors (Lipinski definition) is 7. The van der Waals surface area contributed by atoms with Gasteiger partial charge in [-0.05, 0) is 48.6 Å². The maximum Gasteiger partial charge on any atom is 0.189 e. The average Bonchev–Trinajstić information content (AvgIpc) is 2.95. The molecule has 4 aromatic rings. The second-order valence-electron chi connectivity index (χ2n) is 8.98. The van der Waals surface area contributed by atoms with Gasteiger partial charge in [0.15, 0.2) is 29.4 Å². The predicted octanol–water partition coefficient (Wildman–Crippen LogP) is 5.59. The zero-order valence-electron chi connectivity index (χ0n) is 21.8. The maximum absolute atomic E-state index is 11.9. The van der Waals surface area contributed by atoms with E-state index in [-0.39, 0.29) is 17.9 Å². The number of phenolic OH excluding ortho intramolecular Hbond substituents is 1. The molecule has 0 saturated heterocycles. The molecule has 7 nitrogen and oxygen atoms in total. The van der Waals surface area contributed by atoms with Crippen molar-refractivity contribution < 1.29 is 19.7 Å². The second-order valence-corrected chi connectivity index (χ2v) is 8.98. The molecule has 0 spiro atoms. The molecular weight excluding hydrogens is 478 g/mol. The largest absolute Gasteiger partial charge is 0.507 e. The summed E-state index contributed by atoms with van der Waals surface area (Å²) in [4.78, 5) is 26.2. The van der Waals surface area contributed by atoms with Crippen LogP contribution in [0.4, 0.5) is 0 Å². The topological polar surface area (TPSA) is 105 Å². The van der Waals surface area contributed by atoms with E-state index >= 15 is 0 Å². The van der Waals surface area contributed by atoms with Crippen molar-refractivity contribution in [3.05, 3.63) is 90.0 Å². The van der Waals surface area contributed by atoms with Crippen molar-refractivity contribution in [3.8, 4) is 45.7 Å². The highest BCUT2D eigenvalue weighted by Crippen LogP contribution is 2.34. The summed E-state index contributed by atoms with van der Waals surface area (Å²) >= 11 is 0. The first-order chi connectivity index (χ1) is 18.3. The van der Waals surface area contributed by atoms with Crippen LogP contribution in [0.25, 0.3) is 34.2 Å². The van der Waals surface area contributed by atoms with Gasteiger partial charge in [0, 0.05) is 17.2 Å². The SMILES string of the molecule is C=C(C)C(=O)C(O)COc1ccc(-c2nc(-c3ccccc3CC)nc(-c3ccccc3CC)n2)c(O)c1. The summed E-state index contributed by atoms with van der Waals surface area (Å²) in [5, 5.41) is 20.9. The highest BCUT2D eigenvalue weighted by atomic mass is 16.5. The van der Waals surface area contributed by atoms with Gasteiger partial charge in [-0.15, -0.1) is 0 Å². The van der Waals surface area contributed by atoms with Gasteiger partial charge in [-0.1, -0.05) is 69.0 Å². The Hall–Kier alpha value is -4.36. The van der Waals surface area contributed by atoms with Gasteiger partial charge in [-0.25, -0.2) is 15.0 Å². The van der Waals surface area contributed by atoms with E-state index in [9.17, 15) is 15.0 Å². The zero-order chi connectivity index (χ0) is 27.2. The van der Waals surface area contributed by atoms with Crippen LogP contribution >= 0.6 is 0 Å². The number of ketones is 1. The number of aromatic nitrogens is 3. The van der Waals surface area contributed by atoms with Gasteiger partial charge >= 0.3 is 0 Å². The molecule has 0 aliphatic carbocycles. The number of aromatic hydroxyl groups is 1. The van der Waals surface area contributed by atoms with E-state index in [1.165, 1.54) is 13.0 Å². The Bertz CT molecular complexity index is 1420. The second kappa shape index (κ2) is 11.8. The van der Waals surface area contributed by atoms with Crippen LogP contribution in [0.15, 0.2) is 78.9 Å². The van der Waals surface area contributed by atoms with Crippen molar-refractivity contribution >= 4 is 5.78 Å². The molecule has 0 amide bonds. The Morgan fingerprint density at radius 2 is 1.34 bits per heavy atom. The molecule has 194 valence electrons. The zero-order valence-corrected chi connectivity index (χ0v) is 21.8. The first-order valence-corrected chi connectivity index (χ1v) is 12.6. The van der Waals surface area contributed by atoms with Gasteiger partial charge in [0.25, 0.3) is 0 Å². The van der Waals surface area contributed by atoms with Crippen LogP contribution in [0.1, 0.15) is 31.9 Å². The molecule has 1 aromatic heterocycles. The fourth-order valence-electron chi connectivity index (χ4n) is 4.16. The number of phenols is 1. The first-order valence-electron chi connectivity index (χ1n) is 12.6. The number of aryl methyl sites for hydroxylation is 2. The Kier molecular flexibility index (Phi) is 8.28. The lowest BCUT2D eigenvalue weighted by Gasteiger charge is -2.14. The molecule has 0 aliphatic rings. The van der Waals surface area contributed by atoms with Gasteiger partial charge in [0.2, 0.25) is 0 Å². The molecule has 4 rings (SSSR count). The van der Waals surface area contributed by atoms with Gasteiger partial charge in [0.05, 0.1) is 5.56 Å². The van der Waals surface area contributed by atoms with Gasteiger partial charge < -0.3 is 14.9 Å². The number of Topliss-reactive ketones (excluding diaryl/α,β-unsaturated/α-hetero) is 1. The molecule has 2 N–H and O–H groups in total. The lowest BCUT2D eigenvalue weighted by Crippen LogP contribution is -2.27. The molecule has 0 saturated carbocycles. The monoisotopic (exact) mass is 509 g/mol.